The maximum Gasteiger partial charge on any atom is 0.339 e. The summed E-state index contributed by atoms with van der Waals surface area (Å²) in [6, 6.07) is 3.98. The van der Waals surface area contributed by atoms with Crippen molar-refractivity contribution >= 4 is 17.6 Å². The van der Waals surface area contributed by atoms with Gasteiger partial charge < -0.3 is 15.5 Å². The molecule has 0 bridgehead atoms. The molecule has 1 aliphatic rings. The van der Waals surface area contributed by atoms with Gasteiger partial charge in [0.05, 0.1) is 0 Å². The van der Waals surface area contributed by atoms with Gasteiger partial charge >= 0.3 is 5.97 Å². The van der Waals surface area contributed by atoms with E-state index in [1.165, 1.54) is 18.2 Å². The van der Waals surface area contributed by atoms with Crippen LogP contribution in [0.2, 0.25) is 0 Å². The quantitative estimate of drug-likeness (QED) is 0.573. The molecule has 19 heavy (non-hydrogen) atoms. The smallest absolute Gasteiger partial charge is 0.339 e. The van der Waals surface area contributed by atoms with E-state index < -0.39 is 5.97 Å². The highest BCUT2D eigenvalue weighted by Gasteiger charge is 2.15. The zero-order valence-corrected chi connectivity index (χ0v) is 10.3. The van der Waals surface area contributed by atoms with Crippen molar-refractivity contribution in [2.75, 3.05) is 5.32 Å². The lowest BCUT2D eigenvalue weighted by molar-refractivity contribution is -0.116. The summed E-state index contributed by atoms with van der Waals surface area (Å²) in [4.78, 5) is 22.6. The Morgan fingerprint density at radius 3 is 2.79 bits per heavy atom. The van der Waals surface area contributed by atoms with E-state index in [0.717, 1.165) is 12.8 Å². The fraction of sp³-hybridized carbons (Fsp3) is 0.286. The molecule has 0 aromatic heterocycles. The fourth-order valence-corrected chi connectivity index (χ4v) is 2.10. The van der Waals surface area contributed by atoms with Gasteiger partial charge in [-0.05, 0) is 37.0 Å². The molecular formula is C14H15NO4. The zero-order chi connectivity index (χ0) is 13.8. The number of benzene rings is 1. The molecular weight excluding hydrogens is 246 g/mol. The molecule has 0 saturated heterocycles. The largest absolute Gasteiger partial charge is 0.507 e. The van der Waals surface area contributed by atoms with E-state index in [9.17, 15) is 14.7 Å². The molecule has 100 valence electrons. The molecule has 0 spiro atoms. The topological polar surface area (TPSA) is 86.6 Å². The van der Waals surface area contributed by atoms with E-state index in [-0.39, 0.29) is 23.1 Å². The Bertz CT molecular complexity index is 536. The Balaban J connectivity index is 2.02. The van der Waals surface area contributed by atoms with Crippen LogP contribution in [0.4, 0.5) is 5.69 Å². The second-order valence-corrected chi connectivity index (χ2v) is 4.55. The van der Waals surface area contributed by atoms with E-state index in [1.807, 2.05) is 6.08 Å². The predicted octanol–water partition coefficient (Wildman–Crippen LogP) is 2.39. The number of aromatic carboxylic acids is 1. The van der Waals surface area contributed by atoms with Gasteiger partial charge in [0.15, 0.2) is 0 Å². The average Bonchev–Trinajstić information content (AvgIpc) is 2.84. The number of nitrogens with one attached hydrogen (secondary N) is 1. The molecule has 0 aliphatic heterocycles. The maximum atomic E-state index is 11.8. The van der Waals surface area contributed by atoms with Gasteiger partial charge in [-0.25, -0.2) is 4.79 Å². The molecule has 1 aromatic carbocycles. The summed E-state index contributed by atoms with van der Waals surface area (Å²) in [5, 5.41) is 20.9. The highest BCUT2D eigenvalue weighted by Crippen LogP contribution is 2.23. The Kier molecular flexibility index (Phi) is 3.85. The average molecular weight is 261 g/mol. The van der Waals surface area contributed by atoms with Gasteiger partial charge in [0.2, 0.25) is 5.91 Å². The standard InChI is InChI=1S/C14H15NO4/c16-12-6-5-10(8-11(12)14(18)19)15-13(17)7-9-3-1-2-4-9/h1,3,5-6,8-9,16H,2,4,7H2,(H,15,17)(H,18,19). The maximum absolute atomic E-state index is 11.8. The predicted molar refractivity (Wildman–Crippen MR) is 70.2 cm³/mol. The highest BCUT2D eigenvalue weighted by atomic mass is 16.4. The number of carboxylic acids is 1. The molecule has 3 N–H and O–H groups in total. The minimum atomic E-state index is -1.23. The summed E-state index contributed by atoms with van der Waals surface area (Å²) in [6.07, 6.45) is 6.45. The molecule has 5 nitrogen and oxygen atoms in total. The number of phenols is 1. The van der Waals surface area contributed by atoms with Gasteiger partial charge in [0.25, 0.3) is 0 Å². The SMILES string of the molecule is O=C(CC1C=CCC1)Nc1ccc(O)c(C(=O)O)c1. The molecule has 2 rings (SSSR count). The molecule has 1 aliphatic carbocycles. The zero-order valence-electron chi connectivity index (χ0n) is 10.3. The van der Waals surface area contributed by atoms with Crippen LogP contribution in [0.25, 0.3) is 0 Å². The van der Waals surface area contributed by atoms with Crippen molar-refractivity contribution in [2.24, 2.45) is 5.92 Å². The van der Waals surface area contributed by atoms with Crippen molar-refractivity contribution in [3.63, 3.8) is 0 Å². The van der Waals surface area contributed by atoms with Crippen LogP contribution >= 0.6 is 0 Å². The minimum absolute atomic E-state index is 0.154. The summed E-state index contributed by atoms with van der Waals surface area (Å²) in [6.45, 7) is 0. The molecule has 0 saturated carbocycles. The molecule has 1 amide bonds. The molecule has 1 unspecified atom stereocenters. The van der Waals surface area contributed by atoms with Crippen molar-refractivity contribution < 1.29 is 19.8 Å². The number of carboxylic acid groups (broad SMARTS) is 1. The molecule has 1 aromatic rings. The first-order valence-corrected chi connectivity index (χ1v) is 6.09. The van der Waals surface area contributed by atoms with Crippen LogP contribution in [-0.4, -0.2) is 22.1 Å². The first kappa shape index (κ1) is 13.1. The molecule has 0 heterocycles. The van der Waals surface area contributed by atoms with Crippen molar-refractivity contribution in [2.45, 2.75) is 19.3 Å². The van der Waals surface area contributed by atoms with Crippen LogP contribution in [0.5, 0.6) is 5.75 Å². The number of hydrogen-bond donors (Lipinski definition) is 3. The lowest BCUT2D eigenvalue weighted by atomic mass is 10.0. The number of allylic oxidation sites excluding steroid dienone is 2. The number of hydrogen-bond acceptors (Lipinski definition) is 3. The van der Waals surface area contributed by atoms with Gasteiger partial charge in [-0.1, -0.05) is 12.2 Å². The number of carbonyl (C=O) groups excluding carboxylic acids is 1. The van der Waals surface area contributed by atoms with Crippen molar-refractivity contribution in [1.29, 1.82) is 0 Å². The Morgan fingerprint density at radius 2 is 2.16 bits per heavy atom. The van der Waals surface area contributed by atoms with Crippen molar-refractivity contribution in [1.82, 2.24) is 0 Å². The third kappa shape index (κ3) is 3.34. The van der Waals surface area contributed by atoms with Crippen LogP contribution in [0.3, 0.4) is 0 Å². The number of carbonyl (C=O) groups is 2. The van der Waals surface area contributed by atoms with Crippen LogP contribution in [-0.2, 0) is 4.79 Å². The second-order valence-electron chi connectivity index (χ2n) is 4.55. The third-order valence-corrected chi connectivity index (χ3v) is 3.07. The van der Waals surface area contributed by atoms with E-state index in [0.29, 0.717) is 12.1 Å². The molecule has 0 radical (unpaired) electrons. The van der Waals surface area contributed by atoms with Crippen molar-refractivity contribution in [3.8, 4) is 5.75 Å². The Morgan fingerprint density at radius 1 is 1.37 bits per heavy atom. The summed E-state index contributed by atoms with van der Waals surface area (Å²) in [7, 11) is 0. The molecule has 5 heteroatoms. The van der Waals surface area contributed by atoms with Gasteiger partial charge in [0.1, 0.15) is 11.3 Å². The molecule has 1 atom stereocenters. The van der Waals surface area contributed by atoms with Crippen LogP contribution in [0.15, 0.2) is 30.4 Å². The fourth-order valence-electron chi connectivity index (χ4n) is 2.10. The first-order chi connectivity index (χ1) is 9.06. The van der Waals surface area contributed by atoms with E-state index in [2.05, 4.69) is 11.4 Å². The third-order valence-electron chi connectivity index (χ3n) is 3.07. The van der Waals surface area contributed by atoms with E-state index in [1.54, 1.807) is 0 Å². The first-order valence-electron chi connectivity index (χ1n) is 6.09. The normalized spacial score (nSPS) is 17.4. The molecule has 0 fully saturated rings. The number of amides is 1. The van der Waals surface area contributed by atoms with Gasteiger partial charge in [-0.3, -0.25) is 4.79 Å². The number of aromatic hydroxyl groups is 1. The monoisotopic (exact) mass is 261 g/mol. The Labute approximate surface area is 110 Å². The number of anilines is 1. The van der Waals surface area contributed by atoms with Gasteiger partial charge in [0, 0.05) is 12.1 Å². The lowest BCUT2D eigenvalue weighted by Gasteiger charge is -2.09. The van der Waals surface area contributed by atoms with E-state index >= 15 is 0 Å². The van der Waals surface area contributed by atoms with Crippen LogP contribution in [0, 0.1) is 5.92 Å². The second kappa shape index (κ2) is 5.56. The highest BCUT2D eigenvalue weighted by molar-refractivity contribution is 5.95. The van der Waals surface area contributed by atoms with Gasteiger partial charge in [-0.2, -0.15) is 0 Å². The summed E-state index contributed by atoms with van der Waals surface area (Å²) in [5.74, 6) is -1.44. The minimum Gasteiger partial charge on any atom is -0.507 e. The van der Waals surface area contributed by atoms with E-state index in [4.69, 9.17) is 5.11 Å². The van der Waals surface area contributed by atoms with Crippen LogP contribution < -0.4 is 5.32 Å². The summed E-state index contributed by atoms with van der Waals surface area (Å²) in [5.41, 5.74) is 0.153. The number of rotatable bonds is 4. The summed E-state index contributed by atoms with van der Waals surface area (Å²) >= 11 is 0. The van der Waals surface area contributed by atoms with Crippen LogP contribution in [0.1, 0.15) is 29.6 Å². The van der Waals surface area contributed by atoms with Crippen molar-refractivity contribution in [3.05, 3.63) is 35.9 Å². The Hall–Kier alpha value is -2.30. The summed E-state index contributed by atoms with van der Waals surface area (Å²) < 4.78 is 0. The lowest BCUT2D eigenvalue weighted by Crippen LogP contribution is -2.15. The van der Waals surface area contributed by atoms with Gasteiger partial charge in [-0.15, -0.1) is 0 Å².